The van der Waals surface area contributed by atoms with Crippen LogP contribution in [-0.4, -0.2) is 39.6 Å². The number of hydrogen-bond acceptors (Lipinski definition) is 7. The van der Waals surface area contributed by atoms with Crippen LogP contribution in [0.4, 0.5) is 22.0 Å². The Bertz CT molecular complexity index is 1380. The normalized spacial score (nSPS) is 14.3. The summed E-state index contributed by atoms with van der Waals surface area (Å²) in [6.07, 6.45) is 2.68. The first-order chi connectivity index (χ1) is 16.4. The third-order valence-corrected chi connectivity index (χ3v) is 5.97. The van der Waals surface area contributed by atoms with Gasteiger partial charge in [0.15, 0.2) is 0 Å². The highest BCUT2D eigenvalue weighted by molar-refractivity contribution is 7.88. The van der Waals surface area contributed by atoms with Crippen molar-refractivity contribution in [3.63, 3.8) is 0 Å². The number of nitrogens with one attached hydrogen (secondary N) is 1. The lowest BCUT2D eigenvalue weighted by Gasteiger charge is -2.16. The molecule has 0 unspecified atom stereocenters. The van der Waals surface area contributed by atoms with Crippen molar-refractivity contribution in [3.05, 3.63) is 42.2 Å². The largest absolute Gasteiger partial charge is 0.534 e. The van der Waals surface area contributed by atoms with Crippen molar-refractivity contribution in [3.8, 4) is 28.4 Å². The molecule has 8 nitrogen and oxygen atoms in total. The van der Waals surface area contributed by atoms with E-state index in [0.29, 0.717) is 0 Å². The molecule has 1 saturated carbocycles. The summed E-state index contributed by atoms with van der Waals surface area (Å²) in [5.41, 5.74) is -5.42. The van der Waals surface area contributed by atoms with Gasteiger partial charge in [-0.3, -0.25) is 4.79 Å². The van der Waals surface area contributed by atoms with E-state index in [0.717, 1.165) is 31.2 Å². The first-order valence-corrected chi connectivity index (χ1v) is 11.3. The van der Waals surface area contributed by atoms with Crippen LogP contribution in [0.5, 0.6) is 17.2 Å². The molecule has 1 amide bonds. The lowest BCUT2D eigenvalue weighted by molar-refractivity contribution is -0.0507. The van der Waals surface area contributed by atoms with Gasteiger partial charge < -0.3 is 23.4 Å². The number of amides is 1. The molecule has 0 saturated heterocycles. The van der Waals surface area contributed by atoms with Crippen molar-refractivity contribution in [2.75, 3.05) is 7.11 Å². The van der Waals surface area contributed by atoms with Crippen LogP contribution in [0.15, 0.2) is 41.0 Å². The van der Waals surface area contributed by atoms with Gasteiger partial charge in [-0.1, -0.05) is 0 Å². The number of methoxy groups -OCH3 is 1. The van der Waals surface area contributed by atoms with E-state index < -0.39 is 39.6 Å². The van der Waals surface area contributed by atoms with Crippen molar-refractivity contribution >= 4 is 27.0 Å². The summed E-state index contributed by atoms with van der Waals surface area (Å²) in [7, 11) is -4.66. The fourth-order valence-electron chi connectivity index (χ4n) is 3.26. The molecule has 1 fully saturated rings. The molecule has 1 aromatic heterocycles. The van der Waals surface area contributed by atoms with Crippen LogP contribution in [0.1, 0.15) is 23.2 Å². The van der Waals surface area contributed by atoms with Crippen LogP contribution in [0.2, 0.25) is 0 Å². The molecule has 2 aromatic carbocycles. The molecule has 1 aliphatic rings. The fraction of sp³-hybridized carbons (Fsp3) is 0.286. The van der Waals surface area contributed by atoms with Crippen LogP contribution in [-0.2, 0) is 10.1 Å². The smallest absolute Gasteiger partial charge is 0.496 e. The van der Waals surface area contributed by atoms with E-state index in [4.69, 9.17) is 9.15 Å². The molecule has 35 heavy (non-hydrogen) atoms. The molecule has 188 valence electrons. The van der Waals surface area contributed by atoms with Gasteiger partial charge in [0.05, 0.1) is 13.4 Å². The highest BCUT2D eigenvalue weighted by Crippen LogP contribution is 2.40. The Balaban J connectivity index is 1.75. The van der Waals surface area contributed by atoms with E-state index in [9.17, 15) is 35.2 Å². The average Bonchev–Trinajstić information content (AvgIpc) is 3.47. The highest BCUT2D eigenvalue weighted by atomic mass is 32.2. The van der Waals surface area contributed by atoms with E-state index in [-0.39, 0.29) is 39.5 Å². The van der Waals surface area contributed by atoms with E-state index >= 15 is 0 Å². The maximum absolute atomic E-state index is 13.1. The summed E-state index contributed by atoms with van der Waals surface area (Å²) in [6.45, 7) is -3.25. The van der Waals surface area contributed by atoms with Crippen molar-refractivity contribution in [2.24, 2.45) is 0 Å². The van der Waals surface area contributed by atoms with E-state index in [1.807, 2.05) is 0 Å². The molecule has 0 aliphatic heterocycles. The second-order valence-corrected chi connectivity index (χ2v) is 9.01. The SMILES string of the molecule is COc1cc(-c2coc3cc(OS(=O)(=O)C(F)(F)F)ccc23)cc(OC(F)F)c1C(=O)NC1CC1. The van der Waals surface area contributed by atoms with Crippen molar-refractivity contribution in [2.45, 2.75) is 31.0 Å². The lowest BCUT2D eigenvalue weighted by atomic mass is 10.0. The monoisotopic (exact) mass is 521 g/mol. The van der Waals surface area contributed by atoms with E-state index in [2.05, 4.69) is 14.2 Å². The van der Waals surface area contributed by atoms with Gasteiger partial charge in [-0.2, -0.15) is 30.4 Å². The first kappa shape index (κ1) is 24.6. The molecule has 14 heteroatoms. The molecule has 0 spiro atoms. The number of alkyl halides is 5. The number of halogens is 5. The molecule has 3 aromatic rings. The number of carbonyl (C=O) groups is 1. The molecule has 1 heterocycles. The van der Waals surface area contributed by atoms with Crippen molar-refractivity contribution < 1.29 is 53.2 Å². The predicted octanol–water partition coefficient (Wildman–Crippen LogP) is 4.83. The number of rotatable bonds is 8. The molecule has 1 N–H and O–H groups in total. The second kappa shape index (κ2) is 8.91. The van der Waals surface area contributed by atoms with Gasteiger partial charge in [-0.25, -0.2) is 0 Å². The summed E-state index contributed by atoms with van der Waals surface area (Å²) in [5.74, 6) is -1.83. The van der Waals surface area contributed by atoms with Crippen molar-refractivity contribution in [1.29, 1.82) is 0 Å². The molecule has 0 radical (unpaired) electrons. The Labute approximate surface area is 194 Å². The zero-order chi connectivity index (χ0) is 25.5. The predicted molar refractivity (Wildman–Crippen MR) is 111 cm³/mol. The molecule has 1 aliphatic carbocycles. The van der Waals surface area contributed by atoms with Gasteiger partial charge in [-0.15, -0.1) is 0 Å². The Morgan fingerprint density at radius 2 is 1.83 bits per heavy atom. The standard InChI is InChI=1S/C21H16F5NO7S/c1-31-16-6-10(7-17(33-20(22)23)18(16)19(28)27-11-2-3-11)14-9-32-15-8-12(4-5-13(14)15)34-35(29,30)21(24,25)26/h4-9,11,20H,2-3H2,1H3,(H,27,28). The van der Waals surface area contributed by atoms with E-state index in [1.54, 1.807) is 0 Å². The van der Waals surface area contributed by atoms with Gasteiger partial charge in [0.2, 0.25) is 0 Å². The highest BCUT2D eigenvalue weighted by Gasteiger charge is 2.48. The number of benzene rings is 2. The lowest BCUT2D eigenvalue weighted by Crippen LogP contribution is -2.28. The first-order valence-electron chi connectivity index (χ1n) is 9.89. The maximum atomic E-state index is 13.1. The molecule has 0 bridgehead atoms. The quantitative estimate of drug-likeness (QED) is 0.257. The van der Waals surface area contributed by atoms with Crippen LogP contribution < -0.4 is 19.0 Å². The summed E-state index contributed by atoms with van der Waals surface area (Å²) >= 11 is 0. The zero-order valence-corrected chi connectivity index (χ0v) is 18.5. The topological polar surface area (TPSA) is 104 Å². The number of ether oxygens (including phenoxy) is 2. The molecular formula is C21H16F5NO7S. The summed E-state index contributed by atoms with van der Waals surface area (Å²) < 4.78 is 106. The van der Waals surface area contributed by atoms with Gasteiger partial charge in [0.25, 0.3) is 5.91 Å². The Kier molecular flexibility index (Phi) is 6.25. The average molecular weight is 521 g/mol. The number of hydrogen-bond donors (Lipinski definition) is 1. The van der Waals surface area contributed by atoms with Gasteiger partial charge in [-0.05, 0) is 42.7 Å². The van der Waals surface area contributed by atoms with Crippen LogP contribution in [0, 0.1) is 0 Å². The maximum Gasteiger partial charge on any atom is 0.534 e. The van der Waals surface area contributed by atoms with Gasteiger partial charge in [0, 0.05) is 23.1 Å². The number of furan rings is 1. The fourth-order valence-corrected chi connectivity index (χ4v) is 3.71. The minimum Gasteiger partial charge on any atom is -0.496 e. The van der Waals surface area contributed by atoms with Crippen LogP contribution >= 0.6 is 0 Å². The van der Waals surface area contributed by atoms with Crippen LogP contribution in [0.3, 0.4) is 0 Å². The zero-order valence-electron chi connectivity index (χ0n) is 17.7. The Morgan fingerprint density at radius 3 is 2.43 bits per heavy atom. The molecule has 0 atom stereocenters. The van der Waals surface area contributed by atoms with Gasteiger partial charge >= 0.3 is 22.2 Å². The van der Waals surface area contributed by atoms with Crippen LogP contribution in [0.25, 0.3) is 22.1 Å². The number of fused-ring (bicyclic) bond motifs is 1. The third kappa shape index (κ3) is 5.11. The summed E-state index contributed by atoms with van der Waals surface area (Å²) in [4.78, 5) is 12.6. The minimum absolute atomic E-state index is 0.0549. The Hall–Kier alpha value is -3.55. The van der Waals surface area contributed by atoms with E-state index in [1.165, 1.54) is 25.3 Å². The molecular weight excluding hydrogens is 505 g/mol. The second-order valence-electron chi connectivity index (χ2n) is 7.47. The van der Waals surface area contributed by atoms with Crippen molar-refractivity contribution in [1.82, 2.24) is 5.32 Å². The Morgan fingerprint density at radius 1 is 1.14 bits per heavy atom. The minimum atomic E-state index is -5.89. The summed E-state index contributed by atoms with van der Waals surface area (Å²) in [6, 6.07) is 5.59. The third-order valence-electron chi connectivity index (χ3n) is 4.99. The summed E-state index contributed by atoms with van der Waals surface area (Å²) in [5, 5.41) is 2.95. The molecule has 4 rings (SSSR count). The van der Waals surface area contributed by atoms with Gasteiger partial charge in [0.1, 0.15) is 28.4 Å². The number of carbonyl (C=O) groups excluding carboxylic acids is 1.